The molecule has 0 bridgehead atoms. The molecule has 1 aromatic carbocycles. The van der Waals surface area contributed by atoms with Gasteiger partial charge in [-0.3, -0.25) is 4.79 Å². The summed E-state index contributed by atoms with van der Waals surface area (Å²) in [7, 11) is 0. The lowest BCUT2D eigenvalue weighted by molar-refractivity contribution is -0.174. The minimum Gasteiger partial charge on any atom is -0.338 e. The van der Waals surface area contributed by atoms with Gasteiger partial charge in [0.05, 0.1) is 6.04 Å². The molecule has 0 heterocycles. The number of halogens is 3. The summed E-state index contributed by atoms with van der Waals surface area (Å²) in [5.41, 5.74) is 0.673. The van der Waals surface area contributed by atoms with Gasteiger partial charge in [0.15, 0.2) is 0 Å². The van der Waals surface area contributed by atoms with Crippen LogP contribution >= 0.6 is 0 Å². The molecule has 1 rings (SSSR count). The van der Waals surface area contributed by atoms with Crippen molar-refractivity contribution in [2.24, 2.45) is 0 Å². The van der Waals surface area contributed by atoms with Crippen LogP contribution in [0.4, 0.5) is 13.2 Å². The summed E-state index contributed by atoms with van der Waals surface area (Å²) in [5.74, 6) is -2.11. The average molecular weight is 245 g/mol. The van der Waals surface area contributed by atoms with Crippen molar-refractivity contribution in [2.75, 3.05) is 0 Å². The fourth-order valence-electron chi connectivity index (χ4n) is 1.25. The first-order valence-corrected chi connectivity index (χ1v) is 4.80. The monoisotopic (exact) mass is 245 g/mol. The Labute approximate surface area is 95.6 Å². The van der Waals surface area contributed by atoms with E-state index in [2.05, 4.69) is 0 Å². The van der Waals surface area contributed by atoms with Gasteiger partial charge in [0.1, 0.15) is 6.29 Å². The smallest absolute Gasteiger partial charge is 0.338 e. The first-order valence-electron chi connectivity index (χ1n) is 4.80. The zero-order valence-corrected chi connectivity index (χ0v) is 8.70. The van der Waals surface area contributed by atoms with Gasteiger partial charge in [-0.15, -0.1) is 0 Å². The SMILES string of the molecule is O=C[C@H](Cc1ccccc1)NC(=O)C(F)(F)F. The third kappa shape index (κ3) is 4.26. The van der Waals surface area contributed by atoms with Crippen molar-refractivity contribution in [1.29, 1.82) is 0 Å². The van der Waals surface area contributed by atoms with Crippen molar-refractivity contribution in [3.8, 4) is 0 Å². The highest BCUT2D eigenvalue weighted by atomic mass is 19.4. The van der Waals surface area contributed by atoms with Crippen molar-refractivity contribution < 1.29 is 22.8 Å². The number of carbonyl (C=O) groups excluding carboxylic acids is 2. The molecule has 0 radical (unpaired) electrons. The molecule has 92 valence electrons. The number of nitrogens with one attached hydrogen (secondary N) is 1. The van der Waals surface area contributed by atoms with E-state index in [-0.39, 0.29) is 12.7 Å². The lowest BCUT2D eigenvalue weighted by atomic mass is 10.1. The minimum atomic E-state index is -4.97. The van der Waals surface area contributed by atoms with Crippen LogP contribution in [0.2, 0.25) is 0 Å². The molecule has 1 aromatic rings. The Balaban J connectivity index is 2.62. The van der Waals surface area contributed by atoms with E-state index in [4.69, 9.17) is 0 Å². The average Bonchev–Trinajstić information content (AvgIpc) is 2.28. The Morgan fingerprint density at radius 3 is 2.35 bits per heavy atom. The fourth-order valence-corrected chi connectivity index (χ4v) is 1.25. The molecule has 1 N–H and O–H groups in total. The lowest BCUT2D eigenvalue weighted by Gasteiger charge is -2.14. The van der Waals surface area contributed by atoms with Gasteiger partial charge in [-0.2, -0.15) is 13.2 Å². The van der Waals surface area contributed by atoms with Gasteiger partial charge in [0.25, 0.3) is 0 Å². The van der Waals surface area contributed by atoms with E-state index < -0.39 is 18.1 Å². The maximum absolute atomic E-state index is 12.0. The van der Waals surface area contributed by atoms with Gasteiger partial charge in [-0.1, -0.05) is 30.3 Å². The second-order valence-corrected chi connectivity index (χ2v) is 3.40. The molecule has 0 aliphatic heterocycles. The van der Waals surface area contributed by atoms with Crippen molar-refractivity contribution in [2.45, 2.75) is 18.6 Å². The van der Waals surface area contributed by atoms with E-state index in [1.807, 2.05) is 0 Å². The summed E-state index contributed by atoms with van der Waals surface area (Å²) in [4.78, 5) is 21.2. The molecule has 1 atom stereocenters. The van der Waals surface area contributed by atoms with Crippen molar-refractivity contribution in [3.05, 3.63) is 35.9 Å². The topological polar surface area (TPSA) is 46.2 Å². The number of rotatable bonds is 4. The van der Waals surface area contributed by atoms with Gasteiger partial charge in [0.2, 0.25) is 0 Å². The van der Waals surface area contributed by atoms with Crippen LogP contribution in [0.1, 0.15) is 5.56 Å². The highest BCUT2D eigenvalue weighted by Gasteiger charge is 2.39. The third-order valence-corrected chi connectivity index (χ3v) is 2.04. The Morgan fingerprint density at radius 1 is 1.29 bits per heavy atom. The molecule has 6 heteroatoms. The second-order valence-electron chi connectivity index (χ2n) is 3.40. The molecule has 0 fully saturated rings. The van der Waals surface area contributed by atoms with Gasteiger partial charge >= 0.3 is 12.1 Å². The number of aldehydes is 1. The van der Waals surface area contributed by atoms with Crippen LogP contribution < -0.4 is 5.32 Å². The van der Waals surface area contributed by atoms with E-state index in [0.29, 0.717) is 5.56 Å². The number of hydrogen-bond acceptors (Lipinski definition) is 2. The summed E-state index contributed by atoms with van der Waals surface area (Å²) >= 11 is 0. The first-order chi connectivity index (χ1) is 7.93. The van der Waals surface area contributed by atoms with E-state index in [1.54, 1.807) is 35.6 Å². The normalized spacial score (nSPS) is 12.9. The van der Waals surface area contributed by atoms with Crippen LogP contribution in [0.25, 0.3) is 0 Å². The molecule has 0 saturated carbocycles. The van der Waals surface area contributed by atoms with Crippen molar-refractivity contribution in [3.63, 3.8) is 0 Å². The van der Waals surface area contributed by atoms with Crippen LogP contribution in [0.3, 0.4) is 0 Å². The van der Waals surface area contributed by atoms with Gasteiger partial charge in [0, 0.05) is 0 Å². The summed E-state index contributed by atoms with van der Waals surface area (Å²) in [6.07, 6.45) is -4.65. The third-order valence-electron chi connectivity index (χ3n) is 2.04. The van der Waals surface area contributed by atoms with Crippen LogP contribution in [0, 0.1) is 0 Å². The number of benzene rings is 1. The molecule has 0 aliphatic carbocycles. The minimum absolute atomic E-state index is 0.0339. The molecule has 3 nitrogen and oxygen atoms in total. The Hall–Kier alpha value is -1.85. The predicted molar refractivity (Wildman–Crippen MR) is 54.2 cm³/mol. The Morgan fingerprint density at radius 2 is 1.88 bits per heavy atom. The van der Waals surface area contributed by atoms with E-state index in [1.165, 1.54) is 0 Å². The predicted octanol–water partition coefficient (Wildman–Crippen LogP) is 1.48. The Bertz CT molecular complexity index is 389. The van der Waals surface area contributed by atoms with E-state index >= 15 is 0 Å². The summed E-state index contributed by atoms with van der Waals surface area (Å²) in [6.45, 7) is 0. The lowest BCUT2D eigenvalue weighted by Crippen LogP contribution is -2.44. The van der Waals surface area contributed by atoms with E-state index in [0.717, 1.165) is 0 Å². The molecule has 0 saturated heterocycles. The zero-order chi connectivity index (χ0) is 12.9. The maximum atomic E-state index is 12.0. The van der Waals surface area contributed by atoms with Gasteiger partial charge < -0.3 is 10.1 Å². The number of amides is 1. The number of alkyl halides is 3. The quantitative estimate of drug-likeness (QED) is 0.816. The molecule has 17 heavy (non-hydrogen) atoms. The highest BCUT2D eigenvalue weighted by Crippen LogP contribution is 2.14. The van der Waals surface area contributed by atoms with Crippen LogP contribution in [0.5, 0.6) is 0 Å². The molecular weight excluding hydrogens is 235 g/mol. The first kappa shape index (κ1) is 13.2. The zero-order valence-electron chi connectivity index (χ0n) is 8.70. The molecule has 1 amide bonds. The van der Waals surface area contributed by atoms with Crippen LogP contribution in [-0.4, -0.2) is 24.4 Å². The van der Waals surface area contributed by atoms with E-state index in [9.17, 15) is 22.8 Å². The largest absolute Gasteiger partial charge is 0.471 e. The standard InChI is InChI=1S/C11H10F3NO2/c12-11(13,14)10(17)15-9(7-16)6-8-4-2-1-3-5-8/h1-5,7,9H,6H2,(H,15,17)/t9-/m0/s1. The highest BCUT2D eigenvalue weighted by molar-refractivity contribution is 5.84. The summed E-state index contributed by atoms with van der Waals surface area (Å²) in [6, 6.07) is 7.29. The van der Waals surface area contributed by atoms with Crippen LogP contribution in [0.15, 0.2) is 30.3 Å². The van der Waals surface area contributed by atoms with Crippen molar-refractivity contribution in [1.82, 2.24) is 5.32 Å². The Kier molecular flexibility index (Phi) is 4.25. The van der Waals surface area contributed by atoms with Gasteiger partial charge in [-0.05, 0) is 12.0 Å². The number of hydrogen-bond donors (Lipinski definition) is 1. The summed E-state index contributed by atoms with van der Waals surface area (Å²) in [5, 5.41) is 1.62. The van der Waals surface area contributed by atoms with Crippen molar-refractivity contribution >= 4 is 12.2 Å². The molecule has 0 unspecified atom stereocenters. The summed E-state index contributed by atoms with van der Waals surface area (Å²) < 4.78 is 35.9. The maximum Gasteiger partial charge on any atom is 0.471 e. The fraction of sp³-hybridized carbons (Fsp3) is 0.273. The van der Waals surface area contributed by atoms with Crippen LogP contribution in [-0.2, 0) is 16.0 Å². The number of carbonyl (C=O) groups is 2. The molecule has 0 aliphatic rings. The molecule has 0 spiro atoms. The van der Waals surface area contributed by atoms with Gasteiger partial charge in [-0.25, -0.2) is 0 Å². The molecular formula is C11H10F3NO2. The second kappa shape index (κ2) is 5.47. The molecule has 0 aromatic heterocycles.